The molecular weight excluding hydrogens is 762 g/mol. The number of amides is 1. The molecule has 0 saturated carbocycles. The van der Waals surface area contributed by atoms with E-state index in [1.807, 2.05) is 152 Å². The van der Waals surface area contributed by atoms with Crippen LogP contribution in [-0.2, 0) is 64.4 Å². The number of benzene rings is 5. The SMILES string of the molecule is COC(=O)C1(Cl)O[C@@H]([C@H](OCc2ccccc2)[C@H](COCc2ccccc2)OCc2ccccc2)[C@H](NC(C)=O)[C@@H](OCc2ccccc2)[C@@H]1Sc1ccccc1. The van der Waals surface area contributed by atoms with Gasteiger partial charge in [0.15, 0.2) is 0 Å². The average molecular weight is 810 g/mol. The van der Waals surface area contributed by atoms with E-state index in [1.165, 1.54) is 25.8 Å². The van der Waals surface area contributed by atoms with Gasteiger partial charge in [-0.1, -0.05) is 151 Å². The van der Waals surface area contributed by atoms with Gasteiger partial charge in [-0.25, -0.2) is 4.79 Å². The van der Waals surface area contributed by atoms with Crippen LogP contribution in [0, 0.1) is 0 Å². The summed E-state index contributed by atoms with van der Waals surface area (Å²) >= 11 is 8.81. The lowest BCUT2D eigenvalue weighted by atomic mass is 9.88. The van der Waals surface area contributed by atoms with Crippen molar-refractivity contribution in [3.05, 3.63) is 174 Å². The Morgan fingerprint density at radius 1 is 0.702 bits per heavy atom. The van der Waals surface area contributed by atoms with Crippen LogP contribution in [0.3, 0.4) is 0 Å². The summed E-state index contributed by atoms with van der Waals surface area (Å²) in [6.07, 6.45) is -3.82. The van der Waals surface area contributed by atoms with E-state index in [0.29, 0.717) is 6.61 Å². The van der Waals surface area contributed by atoms with Crippen molar-refractivity contribution in [1.82, 2.24) is 5.32 Å². The molecule has 1 unspecified atom stereocenters. The Morgan fingerprint density at radius 3 is 1.68 bits per heavy atom. The lowest BCUT2D eigenvalue weighted by Gasteiger charge is -2.51. The van der Waals surface area contributed by atoms with Crippen molar-refractivity contribution < 1.29 is 38.0 Å². The summed E-state index contributed by atoms with van der Waals surface area (Å²) in [5, 5.41) is 0.0990. The van der Waals surface area contributed by atoms with Crippen LogP contribution in [0.2, 0.25) is 0 Å². The fourth-order valence-corrected chi connectivity index (χ4v) is 8.44. The number of esters is 1. The van der Waals surface area contributed by atoms with Crippen LogP contribution in [0.15, 0.2) is 157 Å². The Labute approximate surface area is 343 Å². The van der Waals surface area contributed by atoms with Crippen LogP contribution in [0.5, 0.6) is 0 Å². The van der Waals surface area contributed by atoms with Crippen molar-refractivity contribution >= 4 is 35.2 Å². The molecule has 1 amide bonds. The van der Waals surface area contributed by atoms with Crippen LogP contribution >= 0.6 is 23.4 Å². The zero-order valence-corrected chi connectivity index (χ0v) is 33.6. The number of rotatable bonds is 19. The smallest absolute Gasteiger partial charge is 0.355 e. The van der Waals surface area contributed by atoms with Gasteiger partial charge in [-0.15, -0.1) is 11.8 Å². The summed E-state index contributed by atoms with van der Waals surface area (Å²) in [6, 6.07) is 47.6. The lowest BCUT2D eigenvalue weighted by Crippen LogP contribution is -2.72. The van der Waals surface area contributed by atoms with Crippen LogP contribution < -0.4 is 5.32 Å². The highest BCUT2D eigenvalue weighted by atomic mass is 35.5. The molecule has 9 nitrogen and oxygen atoms in total. The number of carbonyl (C=O) groups excluding carboxylic acids is 2. The van der Waals surface area contributed by atoms with Crippen molar-refractivity contribution in [3.63, 3.8) is 0 Å². The number of alkyl halides is 1. The summed E-state index contributed by atoms with van der Waals surface area (Å²) in [6.45, 7) is 2.31. The van der Waals surface area contributed by atoms with E-state index >= 15 is 0 Å². The minimum atomic E-state index is -2.11. The number of methoxy groups -OCH3 is 1. The normalized spacial score (nSPS) is 21.6. The van der Waals surface area contributed by atoms with E-state index in [2.05, 4.69) is 5.32 Å². The predicted molar refractivity (Wildman–Crippen MR) is 220 cm³/mol. The summed E-state index contributed by atoms with van der Waals surface area (Å²) in [7, 11) is 1.27. The van der Waals surface area contributed by atoms with Gasteiger partial charge in [0.1, 0.15) is 18.3 Å². The maximum Gasteiger partial charge on any atom is 0.355 e. The molecule has 1 heterocycles. The van der Waals surface area contributed by atoms with Crippen molar-refractivity contribution in [1.29, 1.82) is 0 Å². The van der Waals surface area contributed by atoms with Gasteiger partial charge >= 0.3 is 5.97 Å². The summed E-state index contributed by atoms with van der Waals surface area (Å²) < 4.78 is 39.0. The molecule has 298 valence electrons. The van der Waals surface area contributed by atoms with Crippen LogP contribution in [0.1, 0.15) is 29.2 Å². The molecule has 0 bridgehead atoms. The molecule has 6 rings (SSSR count). The van der Waals surface area contributed by atoms with E-state index in [4.69, 9.17) is 40.0 Å². The van der Waals surface area contributed by atoms with Gasteiger partial charge in [0.05, 0.1) is 57.5 Å². The molecule has 1 aliphatic rings. The number of nitrogens with one attached hydrogen (secondary N) is 1. The highest BCUT2D eigenvalue weighted by Gasteiger charge is 2.62. The Kier molecular flexibility index (Phi) is 15.7. The Morgan fingerprint density at radius 2 is 1.18 bits per heavy atom. The third kappa shape index (κ3) is 11.8. The van der Waals surface area contributed by atoms with Crippen molar-refractivity contribution in [3.8, 4) is 0 Å². The zero-order chi connectivity index (χ0) is 39.9. The number of halogens is 1. The van der Waals surface area contributed by atoms with Gasteiger partial charge in [0, 0.05) is 11.8 Å². The number of hydrogen-bond donors (Lipinski definition) is 1. The van der Waals surface area contributed by atoms with E-state index in [0.717, 1.165) is 27.1 Å². The molecule has 1 N–H and O–H groups in total. The molecule has 7 atom stereocenters. The van der Waals surface area contributed by atoms with Crippen LogP contribution in [-0.4, -0.2) is 66.4 Å². The third-order valence-corrected chi connectivity index (χ3v) is 11.5. The minimum Gasteiger partial charge on any atom is -0.466 e. The van der Waals surface area contributed by atoms with Crippen LogP contribution in [0.4, 0.5) is 0 Å². The van der Waals surface area contributed by atoms with Gasteiger partial charge in [0.25, 0.3) is 5.06 Å². The number of hydrogen-bond acceptors (Lipinski definition) is 9. The maximum atomic E-state index is 14.1. The molecule has 5 aromatic carbocycles. The molecule has 0 spiro atoms. The summed E-state index contributed by atoms with van der Waals surface area (Å²) in [5.74, 6) is -1.16. The van der Waals surface area contributed by atoms with Crippen LogP contribution in [0.25, 0.3) is 0 Å². The first-order chi connectivity index (χ1) is 27.8. The van der Waals surface area contributed by atoms with Gasteiger partial charge < -0.3 is 33.7 Å². The molecule has 1 aliphatic heterocycles. The highest BCUT2D eigenvalue weighted by molar-refractivity contribution is 8.00. The average Bonchev–Trinajstić information content (AvgIpc) is 3.25. The Bertz CT molecular complexity index is 1950. The van der Waals surface area contributed by atoms with Gasteiger partial charge in [-0.2, -0.15) is 0 Å². The molecule has 1 saturated heterocycles. The summed E-state index contributed by atoms with van der Waals surface area (Å²) in [5.41, 5.74) is 3.69. The fourth-order valence-electron chi connectivity index (χ4n) is 6.71. The molecule has 5 aromatic rings. The topological polar surface area (TPSA) is 102 Å². The van der Waals surface area contributed by atoms with Crippen molar-refractivity contribution in [2.24, 2.45) is 0 Å². The molecular formula is C46H48ClNO8S. The minimum absolute atomic E-state index is 0.0685. The Balaban J connectivity index is 1.45. The highest BCUT2D eigenvalue weighted by Crippen LogP contribution is 2.47. The van der Waals surface area contributed by atoms with E-state index < -0.39 is 46.7 Å². The molecule has 1 fully saturated rings. The quantitative estimate of drug-likeness (QED) is 0.0655. The lowest BCUT2D eigenvalue weighted by molar-refractivity contribution is -0.230. The molecule has 0 aliphatic carbocycles. The molecule has 0 aromatic heterocycles. The first-order valence-electron chi connectivity index (χ1n) is 18.9. The van der Waals surface area contributed by atoms with Crippen molar-refractivity contribution in [2.45, 2.75) is 79.0 Å². The summed E-state index contributed by atoms with van der Waals surface area (Å²) in [4.78, 5) is 28.1. The zero-order valence-electron chi connectivity index (χ0n) is 32.0. The monoisotopic (exact) mass is 809 g/mol. The fraction of sp³-hybridized carbons (Fsp3) is 0.304. The van der Waals surface area contributed by atoms with E-state index in [9.17, 15) is 9.59 Å². The third-order valence-electron chi connectivity index (χ3n) is 9.48. The standard InChI is InChI=1S/C46H48ClNO8S/c1-33(49)48-40-42(56-46(47,45(50)51-2)44(57-38-26-16-7-17-27-38)43(40)55-31-37-24-14-6-15-25-37)41(54-30-36-22-12-5-13-23-36)39(53-29-35-20-10-4-11-21-35)32-52-28-34-18-8-3-9-19-34/h3-27,39-44H,28-32H2,1-2H3,(H,48,49)/t39-,40-,41+,42+,43+,44-,46?/m0/s1. The van der Waals surface area contributed by atoms with E-state index in [1.54, 1.807) is 0 Å². The molecule has 11 heteroatoms. The Hall–Kier alpha value is -4.52. The number of carbonyl (C=O) groups is 2. The molecule has 57 heavy (non-hydrogen) atoms. The second-order valence-electron chi connectivity index (χ2n) is 13.7. The second kappa shape index (κ2) is 21.3. The largest absolute Gasteiger partial charge is 0.466 e. The number of ether oxygens (including phenoxy) is 6. The van der Waals surface area contributed by atoms with Gasteiger partial charge in [-0.3, -0.25) is 4.79 Å². The molecule has 0 radical (unpaired) electrons. The van der Waals surface area contributed by atoms with Gasteiger partial charge in [0.2, 0.25) is 5.91 Å². The first-order valence-corrected chi connectivity index (χ1v) is 20.1. The number of thioether (sulfide) groups is 1. The van der Waals surface area contributed by atoms with Crippen molar-refractivity contribution in [2.75, 3.05) is 13.7 Å². The van der Waals surface area contributed by atoms with Gasteiger partial charge in [-0.05, 0) is 34.4 Å². The maximum absolute atomic E-state index is 14.1. The first kappa shape index (κ1) is 42.1. The van der Waals surface area contributed by atoms with E-state index in [-0.39, 0.29) is 32.3 Å². The second-order valence-corrected chi connectivity index (χ2v) is 15.4. The predicted octanol–water partition coefficient (Wildman–Crippen LogP) is 8.13.